The van der Waals surface area contributed by atoms with Gasteiger partial charge in [-0.3, -0.25) is 4.90 Å². The number of pyridine rings is 1. The second-order valence-electron chi connectivity index (χ2n) is 8.48. The maximum Gasteiger partial charge on any atom is 0.225 e. The van der Waals surface area contributed by atoms with Crippen LogP contribution in [0.15, 0.2) is 54.7 Å². The molecule has 0 aliphatic carbocycles. The quantitative estimate of drug-likeness (QED) is 0.563. The topological polar surface area (TPSA) is 63.6 Å². The van der Waals surface area contributed by atoms with E-state index in [9.17, 15) is 4.39 Å². The van der Waals surface area contributed by atoms with Crippen molar-refractivity contribution in [1.29, 1.82) is 0 Å². The average Bonchev–Trinajstić information content (AvgIpc) is 2.85. The zero-order valence-electron chi connectivity index (χ0n) is 18.6. The highest BCUT2D eigenvalue weighted by molar-refractivity contribution is 5.31. The van der Waals surface area contributed by atoms with Crippen LogP contribution in [0.3, 0.4) is 0 Å². The number of nitrogens with zero attached hydrogens (tertiary/aromatic N) is 5. The first-order chi connectivity index (χ1) is 16.2. The Morgan fingerprint density at radius 3 is 2.79 bits per heavy atom. The van der Waals surface area contributed by atoms with Crippen LogP contribution in [-0.2, 0) is 11.3 Å². The maximum atomic E-state index is 13.5. The molecule has 2 fully saturated rings. The van der Waals surface area contributed by atoms with Crippen molar-refractivity contribution >= 4 is 5.95 Å². The molecule has 2 saturated heterocycles. The lowest BCUT2D eigenvalue weighted by Crippen LogP contribution is -2.38. The lowest BCUT2D eigenvalue weighted by molar-refractivity contribution is 0.122. The molecule has 7 nitrogen and oxygen atoms in total. The molecule has 0 bridgehead atoms. The number of morpholine rings is 1. The number of hydrogen-bond donors (Lipinski definition) is 0. The Kier molecular flexibility index (Phi) is 6.73. The maximum absolute atomic E-state index is 13.5. The van der Waals surface area contributed by atoms with Crippen molar-refractivity contribution in [2.24, 2.45) is 0 Å². The lowest BCUT2D eigenvalue weighted by atomic mass is 9.94. The van der Waals surface area contributed by atoms with Gasteiger partial charge in [0, 0.05) is 56.1 Å². The molecule has 0 radical (unpaired) electrons. The fraction of sp³-hybridized carbons (Fsp3) is 0.400. The van der Waals surface area contributed by atoms with Crippen LogP contribution in [0.1, 0.15) is 30.1 Å². The number of aromatic nitrogens is 3. The molecular formula is C25H28FN5O2. The van der Waals surface area contributed by atoms with Crippen LogP contribution in [0.25, 0.3) is 0 Å². The van der Waals surface area contributed by atoms with Gasteiger partial charge in [-0.1, -0.05) is 12.1 Å². The SMILES string of the molecule is Fc1cccc(Oc2cccc([C@H]3CCCN(Cc4ccnc(N5CCOCC5)n4)C3)n2)c1. The highest BCUT2D eigenvalue weighted by Gasteiger charge is 2.23. The number of halogens is 1. The first-order valence-corrected chi connectivity index (χ1v) is 11.5. The summed E-state index contributed by atoms with van der Waals surface area (Å²) in [4.78, 5) is 18.6. The molecule has 2 aromatic heterocycles. The Balaban J connectivity index is 1.24. The van der Waals surface area contributed by atoms with Gasteiger partial charge < -0.3 is 14.4 Å². The summed E-state index contributed by atoms with van der Waals surface area (Å²) in [5.74, 6) is 1.71. The molecule has 172 valence electrons. The van der Waals surface area contributed by atoms with Gasteiger partial charge in [0.2, 0.25) is 11.8 Å². The van der Waals surface area contributed by atoms with Gasteiger partial charge in [0.15, 0.2) is 0 Å². The Morgan fingerprint density at radius 2 is 1.91 bits per heavy atom. The third-order valence-electron chi connectivity index (χ3n) is 6.07. The fourth-order valence-corrected chi connectivity index (χ4v) is 4.42. The molecule has 4 heterocycles. The summed E-state index contributed by atoms with van der Waals surface area (Å²) in [7, 11) is 0. The van der Waals surface area contributed by atoms with Gasteiger partial charge in [0.05, 0.1) is 18.9 Å². The Morgan fingerprint density at radius 1 is 1.03 bits per heavy atom. The highest BCUT2D eigenvalue weighted by atomic mass is 19.1. The van der Waals surface area contributed by atoms with Gasteiger partial charge in [-0.2, -0.15) is 0 Å². The molecule has 0 amide bonds. The summed E-state index contributed by atoms with van der Waals surface area (Å²) in [5.41, 5.74) is 2.04. The first kappa shape index (κ1) is 21.7. The molecule has 0 saturated carbocycles. The zero-order chi connectivity index (χ0) is 22.5. The van der Waals surface area contributed by atoms with E-state index in [0.29, 0.717) is 17.5 Å². The van der Waals surface area contributed by atoms with E-state index in [4.69, 9.17) is 19.4 Å². The number of likely N-dealkylation sites (tertiary alicyclic amines) is 1. The van der Waals surface area contributed by atoms with Gasteiger partial charge in [-0.05, 0) is 43.7 Å². The number of ether oxygens (including phenoxy) is 2. The smallest absolute Gasteiger partial charge is 0.225 e. The molecule has 0 spiro atoms. The van der Waals surface area contributed by atoms with Crippen molar-refractivity contribution in [3.8, 4) is 11.6 Å². The largest absolute Gasteiger partial charge is 0.439 e. The van der Waals surface area contributed by atoms with Gasteiger partial charge >= 0.3 is 0 Å². The predicted molar refractivity (Wildman–Crippen MR) is 123 cm³/mol. The molecule has 5 rings (SSSR count). The third kappa shape index (κ3) is 5.64. The van der Waals surface area contributed by atoms with E-state index in [0.717, 1.165) is 76.1 Å². The van der Waals surface area contributed by atoms with Crippen LogP contribution >= 0.6 is 0 Å². The predicted octanol–water partition coefficient (Wildman–Crippen LogP) is 4.02. The zero-order valence-corrected chi connectivity index (χ0v) is 18.6. The molecule has 2 aliphatic rings. The molecule has 3 aromatic rings. The van der Waals surface area contributed by atoms with E-state index in [1.807, 2.05) is 30.5 Å². The summed E-state index contributed by atoms with van der Waals surface area (Å²) in [6, 6.07) is 13.9. The van der Waals surface area contributed by atoms with Crippen molar-refractivity contribution in [2.75, 3.05) is 44.3 Å². The number of benzene rings is 1. The minimum Gasteiger partial charge on any atom is -0.439 e. The summed E-state index contributed by atoms with van der Waals surface area (Å²) in [6.07, 6.45) is 4.03. The van der Waals surface area contributed by atoms with Gasteiger partial charge in [0.1, 0.15) is 11.6 Å². The molecular weight excluding hydrogens is 421 g/mol. The molecule has 33 heavy (non-hydrogen) atoms. The second kappa shape index (κ2) is 10.2. The summed E-state index contributed by atoms with van der Waals surface area (Å²) in [5, 5.41) is 0. The number of hydrogen-bond acceptors (Lipinski definition) is 7. The van der Waals surface area contributed by atoms with Crippen LogP contribution in [0.4, 0.5) is 10.3 Å². The fourth-order valence-electron chi connectivity index (χ4n) is 4.42. The number of rotatable bonds is 6. The Labute approximate surface area is 193 Å². The first-order valence-electron chi connectivity index (χ1n) is 11.5. The molecule has 0 unspecified atom stereocenters. The molecule has 2 aliphatic heterocycles. The van der Waals surface area contributed by atoms with E-state index in [-0.39, 0.29) is 5.82 Å². The van der Waals surface area contributed by atoms with Crippen LogP contribution in [0.2, 0.25) is 0 Å². The normalized spacial score (nSPS) is 19.4. The summed E-state index contributed by atoms with van der Waals surface area (Å²) in [6.45, 7) is 5.83. The standard InChI is InChI=1S/C25H28FN5O2/c26-20-5-1-6-22(16-20)33-24-8-2-7-23(29-24)19-4-3-11-30(17-19)18-21-9-10-27-25(28-21)31-12-14-32-15-13-31/h1-2,5-10,16,19H,3-4,11-15,17-18H2/t19-/m0/s1. The Hall–Kier alpha value is -3.10. The molecule has 1 aromatic carbocycles. The van der Waals surface area contributed by atoms with Crippen LogP contribution < -0.4 is 9.64 Å². The van der Waals surface area contributed by atoms with Gasteiger partial charge in [0.25, 0.3) is 0 Å². The number of piperidine rings is 1. The third-order valence-corrected chi connectivity index (χ3v) is 6.07. The van der Waals surface area contributed by atoms with E-state index in [1.165, 1.54) is 12.1 Å². The average molecular weight is 450 g/mol. The van der Waals surface area contributed by atoms with E-state index in [2.05, 4.69) is 14.8 Å². The second-order valence-corrected chi connectivity index (χ2v) is 8.48. The van der Waals surface area contributed by atoms with Crippen molar-refractivity contribution in [3.63, 3.8) is 0 Å². The van der Waals surface area contributed by atoms with Crippen molar-refractivity contribution in [1.82, 2.24) is 19.9 Å². The highest BCUT2D eigenvalue weighted by Crippen LogP contribution is 2.29. The summed E-state index contributed by atoms with van der Waals surface area (Å²) >= 11 is 0. The van der Waals surface area contributed by atoms with Crippen LogP contribution in [-0.4, -0.2) is 59.2 Å². The monoisotopic (exact) mass is 449 g/mol. The Bertz CT molecular complexity index is 1080. The summed E-state index contributed by atoms with van der Waals surface area (Å²) < 4.78 is 24.7. The number of anilines is 1. The van der Waals surface area contributed by atoms with Crippen molar-refractivity contribution in [2.45, 2.75) is 25.3 Å². The molecule has 8 heteroatoms. The molecule has 1 atom stereocenters. The van der Waals surface area contributed by atoms with E-state index < -0.39 is 0 Å². The minimum absolute atomic E-state index is 0.315. The van der Waals surface area contributed by atoms with Crippen LogP contribution in [0, 0.1) is 5.82 Å². The van der Waals surface area contributed by atoms with Gasteiger partial charge in [-0.25, -0.2) is 19.3 Å². The molecule has 0 N–H and O–H groups in total. The van der Waals surface area contributed by atoms with E-state index >= 15 is 0 Å². The van der Waals surface area contributed by atoms with E-state index in [1.54, 1.807) is 12.1 Å². The van der Waals surface area contributed by atoms with Gasteiger partial charge in [-0.15, -0.1) is 0 Å². The van der Waals surface area contributed by atoms with Crippen LogP contribution in [0.5, 0.6) is 11.6 Å². The lowest BCUT2D eigenvalue weighted by Gasteiger charge is -2.32. The van der Waals surface area contributed by atoms with Crippen molar-refractivity contribution in [3.05, 3.63) is 71.9 Å². The van der Waals surface area contributed by atoms with Crippen molar-refractivity contribution < 1.29 is 13.9 Å². The minimum atomic E-state index is -0.326.